The maximum Gasteiger partial charge on any atom is 0.252 e. The van der Waals surface area contributed by atoms with Crippen LogP contribution in [0.3, 0.4) is 0 Å². The Balaban J connectivity index is 2.24. The molecule has 0 bridgehead atoms. The molecule has 1 fully saturated rings. The Kier molecular flexibility index (Phi) is 4.57. The van der Waals surface area contributed by atoms with Crippen molar-refractivity contribution in [2.45, 2.75) is 23.3 Å². The van der Waals surface area contributed by atoms with Crippen LogP contribution in [0, 0.1) is 0 Å². The van der Waals surface area contributed by atoms with E-state index < -0.39 is 10.0 Å². The summed E-state index contributed by atoms with van der Waals surface area (Å²) in [5, 5.41) is 0. The highest BCUT2D eigenvalue weighted by atomic mass is 35.5. The molecule has 102 valence electrons. The van der Waals surface area contributed by atoms with Crippen LogP contribution in [0.1, 0.15) is 6.92 Å². The van der Waals surface area contributed by atoms with Crippen molar-refractivity contribution >= 4 is 44.6 Å². The fraction of sp³-hybridized carbons (Fsp3) is 0.600. The van der Waals surface area contributed by atoms with Crippen LogP contribution in [0.2, 0.25) is 4.34 Å². The number of thiophene rings is 1. The highest BCUT2D eigenvalue weighted by molar-refractivity contribution is 7.91. The van der Waals surface area contributed by atoms with E-state index >= 15 is 0 Å². The van der Waals surface area contributed by atoms with E-state index in [1.54, 1.807) is 6.07 Å². The molecule has 2 unspecified atom stereocenters. The Hall–Kier alpha value is 0.150. The van der Waals surface area contributed by atoms with Gasteiger partial charge in [0.2, 0.25) is 0 Å². The van der Waals surface area contributed by atoms with Gasteiger partial charge in [-0.1, -0.05) is 11.6 Å². The topological polar surface area (TPSA) is 46.6 Å². The molecular weight excluding hydrogens is 317 g/mol. The summed E-state index contributed by atoms with van der Waals surface area (Å²) in [6.07, 6.45) is -0.423. The van der Waals surface area contributed by atoms with E-state index in [4.69, 9.17) is 27.9 Å². The maximum absolute atomic E-state index is 12.4. The van der Waals surface area contributed by atoms with Crippen molar-refractivity contribution in [1.29, 1.82) is 0 Å². The average Bonchev–Trinajstić information content (AvgIpc) is 2.75. The van der Waals surface area contributed by atoms with E-state index in [0.717, 1.165) is 11.3 Å². The number of alkyl halides is 1. The second-order valence-electron chi connectivity index (χ2n) is 4.10. The Morgan fingerprint density at radius 3 is 2.78 bits per heavy atom. The first-order valence-electron chi connectivity index (χ1n) is 5.40. The summed E-state index contributed by atoms with van der Waals surface area (Å²) in [7, 11) is -3.49. The van der Waals surface area contributed by atoms with Gasteiger partial charge in [0.1, 0.15) is 4.21 Å². The van der Waals surface area contributed by atoms with Crippen molar-refractivity contribution in [2.24, 2.45) is 0 Å². The van der Waals surface area contributed by atoms with E-state index in [2.05, 4.69) is 0 Å². The Morgan fingerprint density at radius 1 is 1.50 bits per heavy atom. The molecule has 0 radical (unpaired) electrons. The second kappa shape index (κ2) is 5.64. The number of morpholine rings is 1. The number of hydrogen-bond acceptors (Lipinski definition) is 4. The summed E-state index contributed by atoms with van der Waals surface area (Å²) in [5.41, 5.74) is 0. The lowest BCUT2D eigenvalue weighted by Gasteiger charge is -2.34. The Labute approximate surface area is 120 Å². The first-order chi connectivity index (χ1) is 8.43. The Morgan fingerprint density at radius 2 is 2.22 bits per heavy atom. The molecule has 1 aromatic rings. The lowest BCUT2D eigenvalue weighted by atomic mass is 10.3. The highest BCUT2D eigenvalue weighted by Gasteiger charge is 2.34. The number of sulfonamides is 1. The van der Waals surface area contributed by atoms with Gasteiger partial charge in [-0.2, -0.15) is 4.31 Å². The molecule has 1 aromatic heterocycles. The summed E-state index contributed by atoms with van der Waals surface area (Å²) in [5.74, 6) is 0.279. The quantitative estimate of drug-likeness (QED) is 0.800. The third kappa shape index (κ3) is 3.00. The number of nitrogens with zero attached hydrogens (tertiary/aromatic N) is 1. The van der Waals surface area contributed by atoms with Crippen LogP contribution in [0.5, 0.6) is 0 Å². The van der Waals surface area contributed by atoms with Crippen LogP contribution in [0.25, 0.3) is 0 Å². The van der Waals surface area contributed by atoms with Crippen molar-refractivity contribution in [3.63, 3.8) is 0 Å². The van der Waals surface area contributed by atoms with Gasteiger partial charge in [-0.15, -0.1) is 22.9 Å². The third-order valence-corrected chi connectivity index (χ3v) is 6.48. The predicted molar refractivity (Wildman–Crippen MR) is 73.1 cm³/mol. The number of hydrogen-bond donors (Lipinski definition) is 0. The van der Waals surface area contributed by atoms with E-state index in [-0.39, 0.29) is 28.8 Å². The van der Waals surface area contributed by atoms with Crippen LogP contribution >= 0.6 is 34.5 Å². The van der Waals surface area contributed by atoms with Crippen molar-refractivity contribution in [1.82, 2.24) is 4.31 Å². The molecule has 8 heteroatoms. The molecule has 1 saturated heterocycles. The van der Waals surface area contributed by atoms with Crippen LogP contribution < -0.4 is 0 Å². The monoisotopic (exact) mass is 329 g/mol. The minimum Gasteiger partial charge on any atom is -0.371 e. The van der Waals surface area contributed by atoms with Crippen molar-refractivity contribution in [3.05, 3.63) is 16.5 Å². The fourth-order valence-corrected chi connectivity index (χ4v) is 5.20. The number of halogens is 2. The molecule has 0 N–H and O–H groups in total. The fourth-order valence-electron chi connectivity index (χ4n) is 1.85. The summed E-state index contributed by atoms with van der Waals surface area (Å²) in [4.78, 5) is 0. The number of ether oxygens (including phenoxy) is 1. The zero-order chi connectivity index (χ0) is 13.3. The largest absolute Gasteiger partial charge is 0.371 e. The van der Waals surface area contributed by atoms with Crippen molar-refractivity contribution < 1.29 is 13.2 Å². The first-order valence-corrected chi connectivity index (χ1v) is 8.57. The minimum absolute atomic E-state index is 0.160. The highest BCUT2D eigenvalue weighted by Crippen LogP contribution is 2.29. The predicted octanol–water partition coefficient (Wildman–Crippen LogP) is 2.42. The molecule has 0 spiro atoms. The molecule has 0 saturated carbocycles. The summed E-state index contributed by atoms with van der Waals surface area (Å²) in [6.45, 7) is 2.46. The van der Waals surface area contributed by atoms with E-state index in [0.29, 0.717) is 10.9 Å². The zero-order valence-corrected chi connectivity index (χ0v) is 12.8. The first kappa shape index (κ1) is 14.6. The van der Waals surface area contributed by atoms with E-state index in [9.17, 15) is 8.42 Å². The molecule has 0 amide bonds. The maximum atomic E-state index is 12.4. The smallest absolute Gasteiger partial charge is 0.252 e. The normalized spacial score (nSPS) is 26.4. The second-order valence-corrected chi connectivity index (χ2v) is 8.29. The van der Waals surface area contributed by atoms with Crippen LogP contribution in [0.4, 0.5) is 0 Å². The lowest BCUT2D eigenvalue weighted by molar-refractivity contribution is -0.0422. The van der Waals surface area contributed by atoms with Gasteiger partial charge >= 0.3 is 0 Å². The standard InChI is InChI=1S/C10H13Cl2NO3S2/c1-7-5-13(6-8(4-11)16-7)18(14,15)10-3-2-9(12)17-10/h2-3,7-8H,4-6H2,1H3. The molecule has 1 aliphatic rings. The summed E-state index contributed by atoms with van der Waals surface area (Å²) < 4.78 is 32.4. The van der Waals surface area contributed by atoms with Gasteiger partial charge in [0.15, 0.2) is 0 Å². The molecule has 2 atom stereocenters. The van der Waals surface area contributed by atoms with Crippen LogP contribution in [-0.2, 0) is 14.8 Å². The van der Waals surface area contributed by atoms with Crippen molar-refractivity contribution in [3.8, 4) is 0 Å². The molecule has 0 aromatic carbocycles. The SMILES string of the molecule is CC1CN(S(=O)(=O)c2ccc(Cl)s2)CC(CCl)O1. The van der Waals surface area contributed by atoms with Gasteiger partial charge in [0, 0.05) is 19.0 Å². The van der Waals surface area contributed by atoms with E-state index in [1.807, 2.05) is 6.92 Å². The molecule has 2 rings (SSSR count). The third-order valence-electron chi connectivity index (χ3n) is 2.61. The van der Waals surface area contributed by atoms with Crippen molar-refractivity contribution in [2.75, 3.05) is 19.0 Å². The molecule has 4 nitrogen and oxygen atoms in total. The van der Waals surface area contributed by atoms with E-state index in [1.165, 1.54) is 10.4 Å². The lowest BCUT2D eigenvalue weighted by Crippen LogP contribution is -2.49. The van der Waals surface area contributed by atoms with Gasteiger partial charge in [-0.25, -0.2) is 8.42 Å². The molecule has 18 heavy (non-hydrogen) atoms. The zero-order valence-electron chi connectivity index (χ0n) is 9.68. The summed E-state index contributed by atoms with van der Waals surface area (Å²) in [6, 6.07) is 3.11. The summed E-state index contributed by atoms with van der Waals surface area (Å²) >= 11 is 12.6. The van der Waals surface area contributed by atoms with Gasteiger partial charge < -0.3 is 4.74 Å². The van der Waals surface area contributed by atoms with Crippen LogP contribution in [0.15, 0.2) is 16.3 Å². The van der Waals surface area contributed by atoms with Gasteiger partial charge in [-0.3, -0.25) is 0 Å². The van der Waals surface area contributed by atoms with Crippen LogP contribution in [-0.4, -0.2) is 43.9 Å². The molecule has 0 aliphatic carbocycles. The average molecular weight is 330 g/mol. The van der Waals surface area contributed by atoms with Gasteiger partial charge in [0.05, 0.1) is 16.5 Å². The Bertz CT molecular complexity index is 517. The van der Waals surface area contributed by atoms with Gasteiger partial charge in [0.25, 0.3) is 10.0 Å². The molecule has 1 aliphatic heterocycles. The number of rotatable bonds is 3. The molecular formula is C10H13Cl2NO3S2. The minimum atomic E-state index is -3.49. The van der Waals surface area contributed by atoms with Gasteiger partial charge in [-0.05, 0) is 19.1 Å². The molecule has 2 heterocycles.